The first-order chi connectivity index (χ1) is 7.96. The Hall–Kier alpha value is -0.660. The molecule has 3 N–H and O–H groups in total. The van der Waals surface area contributed by atoms with Crippen LogP contribution < -0.4 is 11.1 Å². The molecule has 0 saturated heterocycles. The Kier molecular flexibility index (Phi) is 6.25. The van der Waals surface area contributed by atoms with E-state index in [2.05, 4.69) is 5.32 Å². The van der Waals surface area contributed by atoms with Crippen molar-refractivity contribution < 1.29 is 13.2 Å². The summed E-state index contributed by atoms with van der Waals surface area (Å²) < 4.78 is 21.9. The minimum atomic E-state index is -3.08. The summed E-state index contributed by atoms with van der Waals surface area (Å²) in [4.78, 5) is 13.7. The number of sulfone groups is 1. The zero-order valence-electron chi connectivity index (χ0n) is 11.9. The van der Waals surface area contributed by atoms with Crippen LogP contribution >= 0.6 is 0 Å². The summed E-state index contributed by atoms with van der Waals surface area (Å²) in [5, 5.41) is 2.74. The number of carbonyl (C=O) groups excluding carboxylic acids is 1. The number of nitrogens with two attached hydrogens (primary N) is 1. The van der Waals surface area contributed by atoms with E-state index in [1.54, 1.807) is 0 Å². The van der Waals surface area contributed by atoms with Crippen molar-refractivity contribution in [3.05, 3.63) is 0 Å². The SMILES string of the molecule is CN(C)C(C)(C)CNC(=O)C(N)CCS(C)(=O)=O. The van der Waals surface area contributed by atoms with E-state index in [0.29, 0.717) is 6.54 Å². The van der Waals surface area contributed by atoms with E-state index in [4.69, 9.17) is 5.73 Å². The zero-order chi connectivity index (χ0) is 14.6. The van der Waals surface area contributed by atoms with Crippen LogP contribution in [0.5, 0.6) is 0 Å². The van der Waals surface area contributed by atoms with Crippen molar-refractivity contribution in [3.63, 3.8) is 0 Å². The highest BCUT2D eigenvalue weighted by Gasteiger charge is 2.23. The molecular formula is C11H25N3O3S. The van der Waals surface area contributed by atoms with Gasteiger partial charge in [-0.2, -0.15) is 0 Å². The lowest BCUT2D eigenvalue weighted by atomic mass is 10.0. The van der Waals surface area contributed by atoms with Gasteiger partial charge in [0.05, 0.1) is 11.8 Å². The Morgan fingerprint density at radius 2 is 1.89 bits per heavy atom. The molecule has 0 radical (unpaired) electrons. The van der Waals surface area contributed by atoms with Gasteiger partial charge < -0.3 is 16.0 Å². The molecule has 1 atom stereocenters. The number of hydrogen-bond acceptors (Lipinski definition) is 5. The standard InChI is InChI=1S/C11H25N3O3S/c1-11(2,14(3)4)8-13-10(15)9(12)6-7-18(5,16)17/h9H,6-8,12H2,1-5H3,(H,13,15). The third kappa shape index (κ3) is 6.93. The largest absolute Gasteiger partial charge is 0.353 e. The fourth-order valence-electron chi connectivity index (χ4n) is 1.06. The molecule has 1 unspecified atom stereocenters. The smallest absolute Gasteiger partial charge is 0.237 e. The van der Waals surface area contributed by atoms with Crippen molar-refractivity contribution in [2.24, 2.45) is 5.73 Å². The van der Waals surface area contributed by atoms with Gasteiger partial charge in [-0.1, -0.05) is 0 Å². The summed E-state index contributed by atoms with van der Waals surface area (Å²) >= 11 is 0. The highest BCUT2D eigenvalue weighted by Crippen LogP contribution is 2.07. The van der Waals surface area contributed by atoms with Crippen LogP contribution in [-0.4, -0.2) is 63.5 Å². The number of amides is 1. The van der Waals surface area contributed by atoms with Crippen molar-refractivity contribution in [1.82, 2.24) is 10.2 Å². The molecule has 0 bridgehead atoms. The summed E-state index contributed by atoms with van der Waals surface area (Å²) in [5.74, 6) is -0.382. The Morgan fingerprint density at radius 1 is 1.39 bits per heavy atom. The Balaban J connectivity index is 4.18. The number of nitrogens with zero attached hydrogens (tertiary/aromatic N) is 1. The van der Waals surface area contributed by atoms with E-state index in [1.165, 1.54) is 0 Å². The number of nitrogens with one attached hydrogen (secondary N) is 1. The molecule has 6 nitrogen and oxygen atoms in total. The lowest BCUT2D eigenvalue weighted by Gasteiger charge is -2.33. The van der Waals surface area contributed by atoms with E-state index >= 15 is 0 Å². The maximum absolute atomic E-state index is 11.7. The second-order valence-electron chi connectivity index (χ2n) is 5.45. The van der Waals surface area contributed by atoms with Crippen molar-refractivity contribution in [1.29, 1.82) is 0 Å². The number of likely N-dealkylation sites (N-methyl/N-ethyl adjacent to an activating group) is 1. The van der Waals surface area contributed by atoms with Crippen molar-refractivity contribution in [2.75, 3.05) is 32.6 Å². The Morgan fingerprint density at radius 3 is 2.28 bits per heavy atom. The molecule has 18 heavy (non-hydrogen) atoms. The van der Waals surface area contributed by atoms with Gasteiger partial charge in [-0.15, -0.1) is 0 Å². The highest BCUT2D eigenvalue weighted by molar-refractivity contribution is 7.90. The quantitative estimate of drug-likeness (QED) is 0.637. The number of hydrogen-bond donors (Lipinski definition) is 2. The minimum absolute atomic E-state index is 0.0708. The third-order valence-electron chi connectivity index (χ3n) is 3.04. The summed E-state index contributed by atoms with van der Waals surface area (Å²) in [6.07, 6.45) is 1.28. The Bertz CT molecular complexity index is 377. The molecule has 0 aliphatic carbocycles. The van der Waals surface area contributed by atoms with Gasteiger partial charge >= 0.3 is 0 Å². The first-order valence-corrected chi connectivity index (χ1v) is 7.90. The van der Waals surface area contributed by atoms with Crippen molar-refractivity contribution in [2.45, 2.75) is 31.8 Å². The lowest BCUT2D eigenvalue weighted by molar-refractivity contribution is -0.122. The van der Waals surface area contributed by atoms with Gasteiger partial charge in [-0.25, -0.2) is 8.42 Å². The molecule has 108 valence electrons. The predicted octanol–water partition coefficient (Wildman–Crippen LogP) is -0.795. The highest BCUT2D eigenvalue weighted by atomic mass is 32.2. The second-order valence-corrected chi connectivity index (χ2v) is 7.71. The predicted molar refractivity (Wildman–Crippen MR) is 73.1 cm³/mol. The van der Waals surface area contributed by atoms with Crippen LogP contribution in [0.3, 0.4) is 0 Å². The van der Waals surface area contributed by atoms with E-state index in [9.17, 15) is 13.2 Å². The lowest BCUT2D eigenvalue weighted by Crippen LogP contribution is -2.51. The molecule has 0 heterocycles. The first kappa shape index (κ1) is 17.3. The topological polar surface area (TPSA) is 92.5 Å². The number of rotatable bonds is 7. The fraction of sp³-hybridized carbons (Fsp3) is 0.909. The van der Waals surface area contributed by atoms with Gasteiger partial charge in [-0.3, -0.25) is 4.79 Å². The molecule has 0 fully saturated rings. The molecule has 0 aromatic heterocycles. The monoisotopic (exact) mass is 279 g/mol. The van der Waals surface area contributed by atoms with Crippen LogP contribution in [0.4, 0.5) is 0 Å². The van der Waals surface area contributed by atoms with Crippen LogP contribution in [0.2, 0.25) is 0 Å². The molecule has 0 rings (SSSR count). The number of carbonyl (C=O) groups is 1. The van der Waals surface area contributed by atoms with Crippen LogP contribution in [0.15, 0.2) is 0 Å². The van der Waals surface area contributed by atoms with E-state index in [1.807, 2.05) is 32.8 Å². The van der Waals surface area contributed by atoms with Gasteiger partial charge in [0.25, 0.3) is 0 Å². The van der Waals surface area contributed by atoms with Crippen LogP contribution in [0.1, 0.15) is 20.3 Å². The molecule has 0 spiro atoms. The van der Waals surface area contributed by atoms with E-state index < -0.39 is 15.9 Å². The van der Waals surface area contributed by atoms with Gasteiger partial charge in [0, 0.05) is 18.3 Å². The molecule has 1 amide bonds. The second kappa shape index (κ2) is 6.49. The normalized spacial score (nSPS) is 14.6. The van der Waals surface area contributed by atoms with Crippen molar-refractivity contribution in [3.8, 4) is 0 Å². The zero-order valence-corrected chi connectivity index (χ0v) is 12.7. The molecule has 0 saturated carbocycles. The maximum Gasteiger partial charge on any atom is 0.237 e. The van der Waals surface area contributed by atoms with Gasteiger partial charge in [-0.05, 0) is 34.4 Å². The molecular weight excluding hydrogens is 254 g/mol. The third-order valence-corrected chi connectivity index (χ3v) is 4.02. The summed E-state index contributed by atoms with van der Waals surface area (Å²) in [6, 6.07) is -0.780. The van der Waals surface area contributed by atoms with Gasteiger partial charge in [0.2, 0.25) is 5.91 Å². The molecule has 0 aromatic carbocycles. The summed E-state index contributed by atoms with van der Waals surface area (Å²) in [7, 11) is 0.775. The first-order valence-electron chi connectivity index (χ1n) is 5.84. The summed E-state index contributed by atoms with van der Waals surface area (Å²) in [5.41, 5.74) is 5.47. The molecule has 0 aliphatic rings. The average Bonchev–Trinajstić information content (AvgIpc) is 2.21. The van der Waals surface area contributed by atoms with Crippen LogP contribution in [0, 0.1) is 0 Å². The molecule has 7 heteroatoms. The van der Waals surface area contributed by atoms with E-state index in [-0.39, 0.29) is 23.6 Å². The fourth-order valence-corrected chi connectivity index (χ4v) is 1.75. The van der Waals surface area contributed by atoms with Gasteiger partial charge in [0.15, 0.2) is 0 Å². The molecule has 0 aromatic rings. The summed E-state index contributed by atoms with van der Waals surface area (Å²) in [6.45, 7) is 4.45. The van der Waals surface area contributed by atoms with E-state index in [0.717, 1.165) is 6.26 Å². The Labute approximate surface area is 110 Å². The minimum Gasteiger partial charge on any atom is -0.353 e. The van der Waals surface area contributed by atoms with Crippen LogP contribution in [-0.2, 0) is 14.6 Å². The van der Waals surface area contributed by atoms with Crippen LogP contribution in [0.25, 0.3) is 0 Å². The van der Waals surface area contributed by atoms with Gasteiger partial charge in [0.1, 0.15) is 9.84 Å². The maximum atomic E-state index is 11.7. The average molecular weight is 279 g/mol. The van der Waals surface area contributed by atoms with Crippen molar-refractivity contribution >= 4 is 15.7 Å². The molecule has 0 aliphatic heterocycles.